The van der Waals surface area contributed by atoms with E-state index in [2.05, 4.69) is 11.8 Å². The average molecular weight is 114 g/mol. The molecule has 0 aromatic rings. The second-order valence-corrected chi connectivity index (χ2v) is 1.36. The summed E-state index contributed by atoms with van der Waals surface area (Å²) in [7, 11) is 1.58. The highest BCUT2D eigenvalue weighted by atomic mass is 16.5. The number of aliphatic hydroxyl groups is 1. The van der Waals surface area contributed by atoms with Gasteiger partial charge >= 0.3 is 0 Å². The van der Waals surface area contributed by atoms with E-state index in [1.807, 2.05) is 6.92 Å². The Balaban J connectivity index is 3.35. The minimum atomic E-state index is -0.0896. The zero-order chi connectivity index (χ0) is 6.41. The van der Waals surface area contributed by atoms with Gasteiger partial charge in [-0.1, -0.05) is 11.8 Å². The van der Waals surface area contributed by atoms with Crippen LogP contribution in [0.1, 0.15) is 6.92 Å². The Morgan fingerprint density at radius 1 is 1.75 bits per heavy atom. The number of hydrogen-bond donors (Lipinski definition) is 1. The van der Waals surface area contributed by atoms with Crippen LogP contribution in [0, 0.1) is 11.8 Å². The Morgan fingerprint density at radius 3 is 2.75 bits per heavy atom. The second-order valence-electron chi connectivity index (χ2n) is 1.36. The summed E-state index contributed by atoms with van der Waals surface area (Å²) in [6.07, 6.45) is -0.0675. The van der Waals surface area contributed by atoms with Crippen LogP contribution in [0.3, 0.4) is 0 Å². The van der Waals surface area contributed by atoms with Crippen molar-refractivity contribution < 1.29 is 9.84 Å². The average Bonchev–Trinajstić information content (AvgIpc) is 1.83. The van der Waals surface area contributed by atoms with Crippen LogP contribution in [-0.4, -0.2) is 24.9 Å². The number of hydrogen-bond acceptors (Lipinski definition) is 2. The maximum Gasteiger partial charge on any atom is 0.115 e. The molecule has 0 saturated heterocycles. The molecule has 1 unspecified atom stereocenters. The smallest absolute Gasteiger partial charge is 0.115 e. The zero-order valence-electron chi connectivity index (χ0n) is 5.14. The molecule has 0 saturated carbocycles. The lowest BCUT2D eigenvalue weighted by Crippen LogP contribution is -1.99. The monoisotopic (exact) mass is 114 g/mol. The van der Waals surface area contributed by atoms with E-state index >= 15 is 0 Å². The molecule has 0 spiro atoms. The van der Waals surface area contributed by atoms with Crippen molar-refractivity contribution in [1.29, 1.82) is 0 Å². The first kappa shape index (κ1) is 7.48. The largest absolute Gasteiger partial charge is 0.384 e. The molecule has 46 valence electrons. The number of aliphatic hydroxyl groups excluding tert-OH is 1. The van der Waals surface area contributed by atoms with Gasteiger partial charge in [0.2, 0.25) is 0 Å². The lowest BCUT2D eigenvalue weighted by atomic mass is 10.4. The third kappa shape index (κ3) is 3.66. The summed E-state index contributed by atoms with van der Waals surface area (Å²) in [4.78, 5) is 0. The Hall–Kier alpha value is -0.520. The first-order valence-corrected chi connectivity index (χ1v) is 2.43. The third-order valence-corrected chi connectivity index (χ3v) is 0.738. The Labute approximate surface area is 49.5 Å². The Bertz CT molecular complexity index is 98.8. The minimum absolute atomic E-state index is 0.0675. The van der Waals surface area contributed by atoms with E-state index in [4.69, 9.17) is 9.84 Å². The Morgan fingerprint density at radius 2 is 2.38 bits per heavy atom. The summed E-state index contributed by atoms with van der Waals surface area (Å²) in [5.41, 5.74) is 0. The normalized spacial score (nSPS) is 11.9. The molecule has 1 N–H and O–H groups in total. The molecule has 0 aliphatic rings. The molecule has 0 aromatic heterocycles. The summed E-state index contributed by atoms with van der Waals surface area (Å²) in [5, 5.41) is 8.18. The molecule has 0 aliphatic carbocycles. The van der Waals surface area contributed by atoms with Gasteiger partial charge < -0.3 is 9.84 Å². The molecule has 8 heavy (non-hydrogen) atoms. The molecule has 0 fully saturated rings. The van der Waals surface area contributed by atoms with Crippen LogP contribution in [0.5, 0.6) is 0 Å². The summed E-state index contributed by atoms with van der Waals surface area (Å²) < 4.78 is 4.77. The van der Waals surface area contributed by atoms with Gasteiger partial charge in [0.1, 0.15) is 12.7 Å². The fraction of sp³-hybridized carbons (Fsp3) is 0.667. The predicted molar refractivity (Wildman–Crippen MR) is 31.3 cm³/mol. The first-order chi connectivity index (χ1) is 3.81. The van der Waals surface area contributed by atoms with Gasteiger partial charge in [-0.05, 0) is 6.92 Å². The summed E-state index contributed by atoms with van der Waals surface area (Å²) >= 11 is 0. The molecule has 0 aromatic carbocycles. The van der Waals surface area contributed by atoms with Gasteiger partial charge in [0.15, 0.2) is 0 Å². The topological polar surface area (TPSA) is 29.5 Å². The quantitative estimate of drug-likeness (QED) is 0.487. The van der Waals surface area contributed by atoms with E-state index in [0.717, 1.165) is 0 Å². The number of ether oxygens (including phenoxy) is 1. The maximum atomic E-state index is 8.18. The van der Waals surface area contributed by atoms with Crippen LogP contribution >= 0.6 is 0 Å². The van der Waals surface area contributed by atoms with E-state index in [1.54, 1.807) is 7.11 Å². The van der Waals surface area contributed by atoms with Crippen molar-refractivity contribution in [1.82, 2.24) is 0 Å². The minimum Gasteiger partial charge on any atom is -0.384 e. The SMILES string of the molecule is COC(C)C#CCO. The summed E-state index contributed by atoms with van der Waals surface area (Å²) in [6.45, 7) is 1.73. The van der Waals surface area contributed by atoms with Crippen molar-refractivity contribution in [3.8, 4) is 11.8 Å². The molecule has 2 nitrogen and oxygen atoms in total. The van der Waals surface area contributed by atoms with Crippen LogP contribution in [0.25, 0.3) is 0 Å². The predicted octanol–water partition coefficient (Wildman–Crippen LogP) is 0.0170. The van der Waals surface area contributed by atoms with Gasteiger partial charge in [-0.2, -0.15) is 0 Å². The van der Waals surface area contributed by atoms with Crippen molar-refractivity contribution in [3.63, 3.8) is 0 Å². The van der Waals surface area contributed by atoms with Gasteiger partial charge in [0, 0.05) is 7.11 Å². The van der Waals surface area contributed by atoms with Crippen molar-refractivity contribution in [3.05, 3.63) is 0 Å². The van der Waals surface area contributed by atoms with Crippen molar-refractivity contribution in [2.45, 2.75) is 13.0 Å². The lowest BCUT2D eigenvalue weighted by molar-refractivity contribution is 0.163. The molecular formula is C6H10O2. The molecule has 1 atom stereocenters. The van der Waals surface area contributed by atoms with Crippen LogP contribution in [-0.2, 0) is 4.74 Å². The lowest BCUT2D eigenvalue weighted by Gasteiger charge is -1.95. The highest BCUT2D eigenvalue weighted by molar-refractivity contribution is 5.03. The second kappa shape index (κ2) is 4.63. The van der Waals surface area contributed by atoms with Gasteiger partial charge in [-0.3, -0.25) is 0 Å². The molecule has 2 heteroatoms. The van der Waals surface area contributed by atoms with Gasteiger partial charge in [0.05, 0.1) is 0 Å². The van der Waals surface area contributed by atoms with Crippen LogP contribution in [0.15, 0.2) is 0 Å². The van der Waals surface area contributed by atoms with E-state index < -0.39 is 0 Å². The molecule has 0 radical (unpaired) electrons. The molecule has 0 rings (SSSR count). The molecular weight excluding hydrogens is 104 g/mol. The van der Waals surface area contributed by atoms with E-state index in [0.29, 0.717) is 0 Å². The van der Waals surface area contributed by atoms with Gasteiger partial charge in [-0.25, -0.2) is 0 Å². The van der Waals surface area contributed by atoms with E-state index in [9.17, 15) is 0 Å². The number of methoxy groups -OCH3 is 1. The molecule has 0 amide bonds. The van der Waals surface area contributed by atoms with Crippen molar-refractivity contribution in [2.24, 2.45) is 0 Å². The van der Waals surface area contributed by atoms with E-state index in [1.165, 1.54) is 0 Å². The highest BCUT2D eigenvalue weighted by Crippen LogP contribution is 1.80. The first-order valence-electron chi connectivity index (χ1n) is 2.43. The molecule has 0 heterocycles. The van der Waals surface area contributed by atoms with Crippen LogP contribution in [0.2, 0.25) is 0 Å². The standard InChI is InChI=1S/C6H10O2/c1-6(8-2)4-3-5-7/h6-7H,5H2,1-2H3. The van der Waals surface area contributed by atoms with Crippen molar-refractivity contribution in [2.75, 3.05) is 13.7 Å². The summed E-state index contributed by atoms with van der Waals surface area (Å²) in [6, 6.07) is 0. The fourth-order valence-electron chi connectivity index (χ4n) is 0.248. The maximum absolute atomic E-state index is 8.18. The van der Waals surface area contributed by atoms with E-state index in [-0.39, 0.29) is 12.7 Å². The number of rotatable bonds is 1. The van der Waals surface area contributed by atoms with Crippen molar-refractivity contribution >= 4 is 0 Å². The highest BCUT2D eigenvalue weighted by Gasteiger charge is 1.86. The Kier molecular flexibility index (Phi) is 4.33. The molecule has 0 aliphatic heterocycles. The van der Waals surface area contributed by atoms with Gasteiger partial charge in [-0.15, -0.1) is 0 Å². The third-order valence-electron chi connectivity index (χ3n) is 0.738. The molecule has 0 bridgehead atoms. The van der Waals surface area contributed by atoms with Crippen LogP contribution < -0.4 is 0 Å². The summed E-state index contributed by atoms with van der Waals surface area (Å²) in [5.74, 6) is 5.14. The zero-order valence-corrected chi connectivity index (χ0v) is 5.14. The van der Waals surface area contributed by atoms with Gasteiger partial charge in [0.25, 0.3) is 0 Å². The fourth-order valence-corrected chi connectivity index (χ4v) is 0.248. The van der Waals surface area contributed by atoms with Crippen LogP contribution in [0.4, 0.5) is 0 Å².